The van der Waals surface area contributed by atoms with Crippen molar-refractivity contribution in [1.82, 2.24) is 4.90 Å². The predicted octanol–water partition coefficient (Wildman–Crippen LogP) is 2.20. The average Bonchev–Trinajstić information content (AvgIpc) is 3.03. The lowest BCUT2D eigenvalue weighted by Crippen LogP contribution is -2.25. The molecule has 0 amide bonds. The second-order valence-corrected chi connectivity index (χ2v) is 4.47. The monoisotopic (exact) mass is 220 g/mol. The fourth-order valence-electron chi connectivity index (χ4n) is 2.02. The Morgan fingerprint density at radius 1 is 1.62 bits per heavy atom. The molecule has 2 rings (SSSR count). The van der Waals surface area contributed by atoms with Crippen molar-refractivity contribution in [3.63, 3.8) is 0 Å². The molecule has 1 aromatic heterocycles. The molecule has 3 heteroatoms. The summed E-state index contributed by atoms with van der Waals surface area (Å²) in [5.74, 6) is 1.93. The highest BCUT2D eigenvalue weighted by atomic mass is 16.3. The van der Waals surface area contributed by atoms with Gasteiger partial charge >= 0.3 is 0 Å². The third-order valence-electron chi connectivity index (χ3n) is 3.04. The Morgan fingerprint density at radius 2 is 2.38 bits per heavy atom. The summed E-state index contributed by atoms with van der Waals surface area (Å²) in [6, 6.07) is 2.82. The number of hydrogen-bond acceptors (Lipinski definition) is 3. The molecule has 0 bridgehead atoms. The van der Waals surface area contributed by atoms with E-state index in [-0.39, 0.29) is 0 Å². The Labute approximate surface area is 96.9 Å². The molecule has 1 saturated carbocycles. The molecule has 1 fully saturated rings. The first-order valence-corrected chi connectivity index (χ1v) is 5.87. The van der Waals surface area contributed by atoms with Gasteiger partial charge in [-0.1, -0.05) is 6.08 Å². The van der Waals surface area contributed by atoms with Gasteiger partial charge in [-0.2, -0.15) is 0 Å². The van der Waals surface area contributed by atoms with Crippen molar-refractivity contribution in [3.05, 3.63) is 35.8 Å². The van der Waals surface area contributed by atoms with E-state index in [0.29, 0.717) is 6.54 Å². The summed E-state index contributed by atoms with van der Waals surface area (Å²) in [5, 5.41) is 0. The van der Waals surface area contributed by atoms with Crippen LogP contribution in [0.2, 0.25) is 0 Å². The molecule has 16 heavy (non-hydrogen) atoms. The van der Waals surface area contributed by atoms with Gasteiger partial charge in [0.05, 0.1) is 13.1 Å². The first-order valence-electron chi connectivity index (χ1n) is 5.87. The van der Waals surface area contributed by atoms with Gasteiger partial charge in [0.25, 0.3) is 0 Å². The maximum absolute atomic E-state index is 5.72. The summed E-state index contributed by atoms with van der Waals surface area (Å²) in [4.78, 5) is 2.41. The summed E-state index contributed by atoms with van der Waals surface area (Å²) >= 11 is 0. The molecule has 0 saturated heterocycles. The molecule has 0 spiro atoms. The fraction of sp³-hybridized carbons (Fsp3) is 0.538. The van der Waals surface area contributed by atoms with Gasteiger partial charge in [-0.25, -0.2) is 0 Å². The summed E-state index contributed by atoms with van der Waals surface area (Å²) in [6.45, 7) is 8.13. The highest BCUT2D eigenvalue weighted by Gasteiger charge is 2.28. The van der Waals surface area contributed by atoms with Crippen LogP contribution in [0.1, 0.15) is 29.9 Å². The first kappa shape index (κ1) is 11.4. The quantitative estimate of drug-likeness (QED) is 0.747. The minimum absolute atomic E-state index is 0.483. The van der Waals surface area contributed by atoms with Crippen LogP contribution >= 0.6 is 0 Å². The molecule has 0 radical (unpaired) electrons. The number of nitrogens with zero attached hydrogens (tertiary/aromatic N) is 1. The number of aryl methyl sites for hydroxylation is 1. The Morgan fingerprint density at radius 3 is 2.88 bits per heavy atom. The van der Waals surface area contributed by atoms with Crippen molar-refractivity contribution in [2.24, 2.45) is 5.73 Å². The van der Waals surface area contributed by atoms with E-state index in [9.17, 15) is 0 Å². The molecule has 88 valence electrons. The maximum atomic E-state index is 5.72. The highest BCUT2D eigenvalue weighted by molar-refractivity contribution is 5.20. The number of rotatable bonds is 6. The molecule has 1 aliphatic carbocycles. The standard InChI is InChI=1S/C13H20N2O/c1-3-6-15(11-4-5-11)9-12-7-10(2)13(8-14)16-12/h3,7,11H,1,4-6,8-9,14H2,2H3. The fourth-order valence-corrected chi connectivity index (χ4v) is 2.02. The topological polar surface area (TPSA) is 42.4 Å². The number of furan rings is 1. The molecular formula is C13H20N2O. The van der Waals surface area contributed by atoms with E-state index < -0.39 is 0 Å². The van der Waals surface area contributed by atoms with Gasteiger partial charge in [0.1, 0.15) is 11.5 Å². The summed E-state index contributed by atoms with van der Waals surface area (Å²) in [7, 11) is 0. The Hall–Kier alpha value is -1.06. The van der Waals surface area contributed by atoms with E-state index >= 15 is 0 Å². The lowest BCUT2D eigenvalue weighted by atomic mass is 10.2. The van der Waals surface area contributed by atoms with Gasteiger partial charge in [-0.3, -0.25) is 4.90 Å². The molecule has 1 heterocycles. The zero-order valence-corrected chi connectivity index (χ0v) is 9.91. The molecule has 3 nitrogen and oxygen atoms in total. The van der Waals surface area contributed by atoms with Crippen molar-refractivity contribution >= 4 is 0 Å². The molecule has 0 atom stereocenters. The van der Waals surface area contributed by atoms with Gasteiger partial charge < -0.3 is 10.2 Å². The van der Waals surface area contributed by atoms with Crippen LogP contribution in [0.25, 0.3) is 0 Å². The molecule has 0 unspecified atom stereocenters. The van der Waals surface area contributed by atoms with Crippen molar-refractivity contribution in [3.8, 4) is 0 Å². The smallest absolute Gasteiger partial charge is 0.120 e. The summed E-state index contributed by atoms with van der Waals surface area (Å²) in [6.07, 6.45) is 4.56. The van der Waals surface area contributed by atoms with Crippen LogP contribution in [-0.2, 0) is 13.1 Å². The van der Waals surface area contributed by atoms with E-state index in [4.69, 9.17) is 10.2 Å². The Balaban J connectivity index is 2.02. The predicted molar refractivity (Wildman–Crippen MR) is 65.0 cm³/mol. The number of hydrogen-bond donors (Lipinski definition) is 1. The van der Waals surface area contributed by atoms with Crippen molar-refractivity contribution < 1.29 is 4.42 Å². The maximum Gasteiger partial charge on any atom is 0.120 e. The van der Waals surface area contributed by atoms with Crippen molar-refractivity contribution in [1.29, 1.82) is 0 Å². The van der Waals surface area contributed by atoms with E-state index in [1.165, 1.54) is 12.8 Å². The van der Waals surface area contributed by atoms with Gasteiger partial charge in [0.15, 0.2) is 0 Å². The zero-order valence-electron chi connectivity index (χ0n) is 9.91. The third kappa shape index (κ3) is 2.54. The first-order chi connectivity index (χ1) is 7.74. The van der Waals surface area contributed by atoms with Crippen LogP contribution in [-0.4, -0.2) is 17.5 Å². The highest BCUT2D eigenvalue weighted by Crippen LogP contribution is 2.28. The van der Waals surface area contributed by atoms with Crippen LogP contribution in [0.15, 0.2) is 23.1 Å². The molecule has 1 aromatic rings. The number of nitrogens with two attached hydrogens (primary N) is 1. The Bertz CT molecular complexity index is 366. The summed E-state index contributed by atoms with van der Waals surface area (Å²) in [5.41, 5.74) is 6.76. The van der Waals surface area contributed by atoms with E-state index in [1.807, 2.05) is 13.0 Å². The van der Waals surface area contributed by atoms with E-state index in [0.717, 1.165) is 36.2 Å². The minimum Gasteiger partial charge on any atom is -0.463 e. The zero-order chi connectivity index (χ0) is 11.5. The molecule has 1 aliphatic rings. The second kappa shape index (κ2) is 4.85. The van der Waals surface area contributed by atoms with E-state index in [2.05, 4.69) is 17.5 Å². The van der Waals surface area contributed by atoms with Crippen molar-refractivity contribution in [2.45, 2.75) is 38.9 Å². The molecule has 2 N–H and O–H groups in total. The van der Waals surface area contributed by atoms with Crippen LogP contribution in [0.5, 0.6) is 0 Å². The third-order valence-corrected chi connectivity index (χ3v) is 3.04. The second-order valence-electron chi connectivity index (χ2n) is 4.47. The minimum atomic E-state index is 0.483. The van der Waals surface area contributed by atoms with Crippen LogP contribution in [0.4, 0.5) is 0 Å². The molecular weight excluding hydrogens is 200 g/mol. The average molecular weight is 220 g/mol. The largest absolute Gasteiger partial charge is 0.463 e. The van der Waals surface area contributed by atoms with Gasteiger partial charge in [-0.05, 0) is 31.4 Å². The van der Waals surface area contributed by atoms with Crippen LogP contribution < -0.4 is 5.73 Å². The van der Waals surface area contributed by atoms with Gasteiger partial charge in [0.2, 0.25) is 0 Å². The van der Waals surface area contributed by atoms with Gasteiger partial charge in [-0.15, -0.1) is 6.58 Å². The lowest BCUT2D eigenvalue weighted by molar-refractivity contribution is 0.255. The molecule has 0 aliphatic heterocycles. The summed E-state index contributed by atoms with van der Waals surface area (Å²) < 4.78 is 5.72. The SMILES string of the molecule is C=CCN(Cc1cc(C)c(CN)o1)C1CC1. The van der Waals surface area contributed by atoms with Crippen molar-refractivity contribution in [2.75, 3.05) is 6.54 Å². The van der Waals surface area contributed by atoms with E-state index in [1.54, 1.807) is 0 Å². The molecule has 0 aromatic carbocycles. The van der Waals surface area contributed by atoms with Crippen LogP contribution in [0.3, 0.4) is 0 Å². The normalized spacial score (nSPS) is 15.7. The Kier molecular flexibility index (Phi) is 3.46. The van der Waals surface area contributed by atoms with Crippen LogP contribution in [0, 0.1) is 6.92 Å². The van der Waals surface area contributed by atoms with Gasteiger partial charge in [0, 0.05) is 12.6 Å². The lowest BCUT2D eigenvalue weighted by Gasteiger charge is -2.18.